The monoisotopic (exact) mass is 291 g/mol. The molecular weight excluding hydrogens is 282 g/mol. The third kappa shape index (κ3) is 2.59. The van der Waals surface area contributed by atoms with E-state index in [1.807, 2.05) is 0 Å². The fourth-order valence-corrected chi connectivity index (χ4v) is 3.76. The largest absolute Gasteiger partial charge is 0.480 e. The summed E-state index contributed by atoms with van der Waals surface area (Å²) in [5.74, 6) is -0.0429. The van der Waals surface area contributed by atoms with E-state index in [1.54, 1.807) is 23.2 Å². The zero-order valence-electron chi connectivity index (χ0n) is 8.76. The number of hydrogen-bond acceptors (Lipinski definition) is 4. The number of thioether (sulfide) groups is 1. The maximum atomic E-state index is 12.2. The highest BCUT2D eigenvalue weighted by Gasteiger charge is 2.33. The average molecular weight is 292 g/mol. The highest BCUT2D eigenvalue weighted by molar-refractivity contribution is 7.99. The molecule has 0 bridgehead atoms. The topological polar surface area (TPSA) is 57.6 Å². The van der Waals surface area contributed by atoms with Gasteiger partial charge in [-0.1, -0.05) is 11.6 Å². The van der Waals surface area contributed by atoms with Gasteiger partial charge in [0.1, 0.15) is 10.9 Å². The molecule has 0 aromatic carbocycles. The Morgan fingerprint density at radius 2 is 2.29 bits per heavy atom. The van der Waals surface area contributed by atoms with E-state index in [0.29, 0.717) is 22.2 Å². The molecule has 1 aromatic heterocycles. The van der Waals surface area contributed by atoms with Gasteiger partial charge in [-0.15, -0.1) is 11.3 Å². The molecule has 0 spiro atoms. The van der Waals surface area contributed by atoms with Crippen molar-refractivity contribution in [3.05, 3.63) is 21.3 Å². The van der Waals surface area contributed by atoms with Crippen molar-refractivity contribution in [2.75, 3.05) is 18.1 Å². The van der Waals surface area contributed by atoms with Crippen LogP contribution in [0.15, 0.2) is 11.4 Å². The first kappa shape index (κ1) is 12.7. The van der Waals surface area contributed by atoms with Gasteiger partial charge < -0.3 is 10.0 Å². The van der Waals surface area contributed by atoms with Crippen LogP contribution in [0.3, 0.4) is 0 Å². The lowest BCUT2D eigenvalue weighted by molar-refractivity contribution is -0.141. The van der Waals surface area contributed by atoms with E-state index >= 15 is 0 Å². The number of carboxylic acids is 1. The highest BCUT2D eigenvalue weighted by Crippen LogP contribution is 2.26. The number of aliphatic carboxylic acids is 1. The third-order valence-electron chi connectivity index (χ3n) is 2.49. The van der Waals surface area contributed by atoms with Gasteiger partial charge in [-0.25, -0.2) is 4.79 Å². The first-order chi connectivity index (χ1) is 8.11. The number of halogens is 1. The summed E-state index contributed by atoms with van der Waals surface area (Å²) in [6, 6.07) is 0.896. The van der Waals surface area contributed by atoms with Gasteiger partial charge in [-0.2, -0.15) is 11.8 Å². The van der Waals surface area contributed by atoms with E-state index < -0.39 is 12.0 Å². The van der Waals surface area contributed by atoms with Crippen LogP contribution < -0.4 is 0 Å². The van der Waals surface area contributed by atoms with E-state index in [1.165, 1.54) is 16.2 Å². The number of amides is 1. The van der Waals surface area contributed by atoms with Crippen molar-refractivity contribution in [1.82, 2.24) is 4.90 Å². The molecule has 1 atom stereocenters. The minimum atomic E-state index is -0.960. The molecule has 1 N–H and O–H groups in total. The first-order valence-electron chi connectivity index (χ1n) is 4.95. The van der Waals surface area contributed by atoms with E-state index in [2.05, 4.69) is 0 Å². The molecular formula is C10H10ClNO3S2. The second-order valence-electron chi connectivity index (χ2n) is 3.53. The maximum absolute atomic E-state index is 12.2. The van der Waals surface area contributed by atoms with Gasteiger partial charge in [0.15, 0.2) is 0 Å². The molecule has 92 valence electrons. The van der Waals surface area contributed by atoms with Crippen molar-refractivity contribution in [1.29, 1.82) is 0 Å². The van der Waals surface area contributed by atoms with E-state index in [9.17, 15) is 9.59 Å². The molecule has 0 radical (unpaired) electrons. The zero-order valence-corrected chi connectivity index (χ0v) is 11.1. The summed E-state index contributed by atoms with van der Waals surface area (Å²) in [7, 11) is 0. The van der Waals surface area contributed by atoms with Crippen LogP contribution in [-0.4, -0.2) is 46.0 Å². The van der Waals surface area contributed by atoms with E-state index in [0.717, 1.165) is 5.75 Å². The van der Waals surface area contributed by atoms with Crippen LogP contribution in [-0.2, 0) is 4.79 Å². The Bertz CT molecular complexity index is 449. The lowest BCUT2D eigenvalue weighted by atomic mass is 10.2. The smallest absolute Gasteiger partial charge is 0.327 e. The highest BCUT2D eigenvalue weighted by atomic mass is 35.5. The van der Waals surface area contributed by atoms with Crippen LogP contribution in [0.1, 0.15) is 9.67 Å². The Morgan fingerprint density at radius 1 is 1.53 bits per heavy atom. The zero-order chi connectivity index (χ0) is 12.4. The Hall–Kier alpha value is -0.720. The Labute approximate surface area is 112 Å². The number of nitrogens with zero attached hydrogens (tertiary/aromatic N) is 1. The molecule has 4 nitrogen and oxygen atoms in total. The first-order valence-corrected chi connectivity index (χ1v) is 7.37. The van der Waals surface area contributed by atoms with Gasteiger partial charge in [-0.3, -0.25) is 4.79 Å². The maximum Gasteiger partial charge on any atom is 0.327 e. The second-order valence-corrected chi connectivity index (χ2v) is 6.00. The predicted octanol–water partition coefficient (Wildman–Crippen LogP) is 2.04. The molecule has 17 heavy (non-hydrogen) atoms. The summed E-state index contributed by atoms with van der Waals surface area (Å²) < 4.78 is 0. The SMILES string of the molecule is O=C(O)C1CSCCN1C(=O)c1sccc1Cl. The minimum Gasteiger partial charge on any atom is -0.480 e. The number of carboxylic acid groups (broad SMARTS) is 1. The predicted molar refractivity (Wildman–Crippen MR) is 69.1 cm³/mol. The van der Waals surface area contributed by atoms with Crippen molar-refractivity contribution < 1.29 is 14.7 Å². The molecule has 2 rings (SSSR count). The second kappa shape index (κ2) is 5.29. The average Bonchev–Trinajstić information content (AvgIpc) is 2.74. The molecule has 1 aromatic rings. The summed E-state index contributed by atoms with van der Waals surface area (Å²) >= 11 is 8.68. The molecule has 0 aliphatic carbocycles. The summed E-state index contributed by atoms with van der Waals surface area (Å²) in [5.41, 5.74) is 0. The number of thiophene rings is 1. The van der Waals surface area contributed by atoms with E-state index in [-0.39, 0.29) is 5.91 Å². The van der Waals surface area contributed by atoms with Gasteiger partial charge in [0, 0.05) is 18.1 Å². The Morgan fingerprint density at radius 3 is 2.88 bits per heavy atom. The number of rotatable bonds is 2. The Balaban J connectivity index is 2.23. The number of carbonyl (C=O) groups excluding carboxylic acids is 1. The van der Waals surface area contributed by atoms with Crippen molar-refractivity contribution in [3.8, 4) is 0 Å². The molecule has 1 unspecified atom stereocenters. The van der Waals surface area contributed by atoms with Crippen molar-refractivity contribution in [3.63, 3.8) is 0 Å². The van der Waals surface area contributed by atoms with Crippen molar-refractivity contribution in [2.24, 2.45) is 0 Å². The fourth-order valence-electron chi connectivity index (χ4n) is 1.63. The molecule has 1 amide bonds. The number of carbonyl (C=O) groups is 2. The van der Waals surface area contributed by atoms with Crippen LogP contribution in [0.5, 0.6) is 0 Å². The lowest BCUT2D eigenvalue weighted by Crippen LogP contribution is -2.50. The summed E-state index contributed by atoms with van der Waals surface area (Å²) in [6.45, 7) is 0.453. The summed E-state index contributed by atoms with van der Waals surface area (Å²) in [5, 5.41) is 11.2. The molecule has 1 aliphatic heterocycles. The van der Waals surface area contributed by atoms with Gasteiger partial charge in [0.05, 0.1) is 5.02 Å². The molecule has 1 saturated heterocycles. The molecule has 1 aliphatic rings. The van der Waals surface area contributed by atoms with Gasteiger partial charge in [0.25, 0.3) is 5.91 Å². The van der Waals surface area contributed by atoms with Gasteiger partial charge >= 0.3 is 5.97 Å². The standard InChI is InChI=1S/C10H10ClNO3S2/c11-6-1-3-17-8(6)9(13)12-2-4-16-5-7(12)10(14)15/h1,3,7H,2,4-5H2,(H,14,15). The van der Waals surface area contributed by atoms with Crippen LogP contribution >= 0.6 is 34.7 Å². The summed E-state index contributed by atoms with van der Waals surface area (Å²) in [4.78, 5) is 25.1. The molecule has 1 fully saturated rings. The molecule has 7 heteroatoms. The Kier molecular flexibility index (Phi) is 3.96. The van der Waals surface area contributed by atoms with Crippen molar-refractivity contribution in [2.45, 2.75) is 6.04 Å². The van der Waals surface area contributed by atoms with Crippen molar-refractivity contribution >= 4 is 46.6 Å². The number of hydrogen-bond donors (Lipinski definition) is 1. The molecule has 0 saturated carbocycles. The third-order valence-corrected chi connectivity index (χ3v) is 4.84. The quantitative estimate of drug-likeness (QED) is 0.906. The van der Waals surface area contributed by atoms with Crippen LogP contribution in [0, 0.1) is 0 Å². The van der Waals surface area contributed by atoms with Gasteiger partial charge in [-0.05, 0) is 11.4 Å². The van der Waals surface area contributed by atoms with E-state index in [4.69, 9.17) is 16.7 Å². The minimum absolute atomic E-state index is 0.280. The van der Waals surface area contributed by atoms with Crippen LogP contribution in [0.4, 0.5) is 0 Å². The normalized spacial score (nSPS) is 20.3. The lowest BCUT2D eigenvalue weighted by Gasteiger charge is -2.32. The van der Waals surface area contributed by atoms with Crippen LogP contribution in [0.2, 0.25) is 5.02 Å². The van der Waals surface area contributed by atoms with Crippen LogP contribution in [0.25, 0.3) is 0 Å². The summed E-state index contributed by atoms with van der Waals surface area (Å²) in [6.07, 6.45) is 0. The van der Waals surface area contributed by atoms with Gasteiger partial charge in [0.2, 0.25) is 0 Å². The fraction of sp³-hybridized carbons (Fsp3) is 0.400. The molecule has 2 heterocycles.